The van der Waals surface area contributed by atoms with E-state index in [2.05, 4.69) is 20.6 Å². The van der Waals surface area contributed by atoms with Crippen molar-refractivity contribution in [3.05, 3.63) is 93.5 Å². The predicted molar refractivity (Wildman–Crippen MR) is 196 cm³/mol. The fraction of sp³-hybridized carbons (Fsp3) is 0.359. The first-order valence-electron chi connectivity index (χ1n) is 17.1. The zero-order valence-corrected chi connectivity index (χ0v) is 30.8. The molecule has 1 aliphatic carbocycles. The molecule has 0 bridgehead atoms. The lowest BCUT2D eigenvalue weighted by atomic mass is 9.95. The van der Waals surface area contributed by atoms with Crippen molar-refractivity contribution in [3.8, 4) is 34.1 Å². The number of rotatable bonds is 11. The highest BCUT2D eigenvalue weighted by molar-refractivity contribution is 5.86. The lowest BCUT2D eigenvalue weighted by Gasteiger charge is -2.23. The van der Waals surface area contributed by atoms with E-state index in [9.17, 15) is 14.4 Å². The third-order valence-electron chi connectivity index (χ3n) is 9.00. The Morgan fingerprint density at radius 3 is 2.45 bits per heavy atom. The van der Waals surface area contributed by atoms with E-state index in [1.165, 1.54) is 7.11 Å². The first-order chi connectivity index (χ1) is 25.4. The van der Waals surface area contributed by atoms with Crippen molar-refractivity contribution in [2.24, 2.45) is 0 Å². The Kier molecular flexibility index (Phi) is 10.6. The van der Waals surface area contributed by atoms with Crippen LogP contribution in [0, 0.1) is 0 Å². The summed E-state index contributed by atoms with van der Waals surface area (Å²) in [5.74, 6) is 0.907. The maximum Gasteiger partial charge on any atom is 0.408 e. The third-order valence-corrected chi connectivity index (χ3v) is 9.00. The van der Waals surface area contributed by atoms with E-state index in [0.29, 0.717) is 41.3 Å². The number of nitrogens with one attached hydrogen (secondary N) is 2. The van der Waals surface area contributed by atoms with Gasteiger partial charge in [0.05, 0.1) is 40.7 Å². The van der Waals surface area contributed by atoms with E-state index in [4.69, 9.17) is 28.4 Å². The van der Waals surface area contributed by atoms with Crippen molar-refractivity contribution in [2.75, 3.05) is 28.4 Å². The van der Waals surface area contributed by atoms with Crippen LogP contribution in [0.5, 0.6) is 23.0 Å². The number of nitrogens with zero attached hydrogens (tertiary/aromatic N) is 3. The number of para-hydroxylation sites is 1. The summed E-state index contributed by atoms with van der Waals surface area (Å²) in [5, 5.41) is 12.3. The third kappa shape index (κ3) is 7.76. The highest BCUT2D eigenvalue weighted by Crippen LogP contribution is 2.50. The molecule has 2 atom stereocenters. The second-order valence-corrected chi connectivity index (χ2v) is 13.6. The molecule has 3 aromatic carbocycles. The molecule has 14 nitrogen and oxygen atoms in total. The fourth-order valence-electron chi connectivity index (χ4n) is 6.66. The number of hydrogen-bond donors (Lipinski definition) is 2. The molecule has 5 aromatic rings. The molecule has 0 fully saturated rings. The van der Waals surface area contributed by atoms with Crippen LogP contribution in [0.25, 0.3) is 22.0 Å². The molecule has 2 N–H and O–H groups in total. The van der Waals surface area contributed by atoms with Crippen LogP contribution in [-0.4, -0.2) is 72.1 Å². The fourth-order valence-corrected chi connectivity index (χ4v) is 6.66. The summed E-state index contributed by atoms with van der Waals surface area (Å²) >= 11 is 0. The number of esters is 1. The number of carbonyl (C=O) groups excluding carboxylic acids is 2. The van der Waals surface area contributed by atoms with Gasteiger partial charge in [0.1, 0.15) is 23.9 Å². The highest BCUT2D eigenvalue weighted by Gasteiger charge is 2.31. The quantitative estimate of drug-likeness (QED) is 0.164. The molecule has 0 saturated carbocycles. The van der Waals surface area contributed by atoms with E-state index in [-0.39, 0.29) is 24.2 Å². The summed E-state index contributed by atoms with van der Waals surface area (Å²) in [6.45, 7) is 5.01. The van der Waals surface area contributed by atoms with Gasteiger partial charge in [0, 0.05) is 29.1 Å². The Hall–Kier alpha value is -6.05. The van der Waals surface area contributed by atoms with Crippen molar-refractivity contribution in [1.82, 2.24) is 25.3 Å². The molecule has 1 aliphatic rings. The summed E-state index contributed by atoms with van der Waals surface area (Å²) < 4.78 is 35.5. The van der Waals surface area contributed by atoms with Gasteiger partial charge in [0.15, 0.2) is 17.2 Å². The second-order valence-electron chi connectivity index (χ2n) is 13.6. The van der Waals surface area contributed by atoms with Crippen LogP contribution in [0.2, 0.25) is 0 Å². The van der Waals surface area contributed by atoms with E-state index >= 15 is 0 Å². The number of methoxy groups -OCH3 is 4. The minimum Gasteiger partial charge on any atom is -0.493 e. The number of benzene rings is 2. The van der Waals surface area contributed by atoms with Gasteiger partial charge in [-0.05, 0) is 80.1 Å². The molecule has 14 heteroatoms. The number of aromatic nitrogens is 4. The number of amides is 1. The highest BCUT2D eigenvalue weighted by atomic mass is 16.6. The number of carbonyl (C=O) groups is 2. The molecule has 53 heavy (non-hydrogen) atoms. The number of aromatic amines is 1. The number of ether oxygens (including phenoxy) is 6. The van der Waals surface area contributed by atoms with Gasteiger partial charge in [-0.1, -0.05) is 29.5 Å². The predicted octanol–water partition coefficient (Wildman–Crippen LogP) is 5.54. The minimum absolute atomic E-state index is 0.158. The second kappa shape index (κ2) is 15.3. The molecule has 0 aliphatic heterocycles. The van der Waals surface area contributed by atoms with Crippen LogP contribution in [0.3, 0.4) is 0 Å². The van der Waals surface area contributed by atoms with Gasteiger partial charge in [0.25, 0.3) is 0 Å². The Labute approximate surface area is 306 Å². The van der Waals surface area contributed by atoms with Gasteiger partial charge in [-0.15, -0.1) is 5.10 Å². The Morgan fingerprint density at radius 2 is 1.74 bits per heavy atom. The van der Waals surface area contributed by atoms with E-state index in [1.54, 1.807) is 71.3 Å². The van der Waals surface area contributed by atoms with Gasteiger partial charge in [-0.2, -0.15) is 0 Å². The van der Waals surface area contributed by atoms with Crippen molar-refractivity contribution in [1.29, 1.82) is 0 Å². The van der Waals surface area contributed by atoms with Gasteiger partial charge in [-0.3, -0.25) is 4.79 Å². The van der Waals surface area contributed by atoms with Crippen molar-refractivity contribution >= 4 is 23.0 Å². The SMILES string of the molecule is COc1cc2c(c(OC)c1OC)-c1ccc(OC)c(=O)cc1[C@@H](n1cc(COC(=O)[C@H](Cc3c[nH]c4ccccc34)NC(=O)OC(C)(C)C)nn1)CC2. The molecule has 6 rings (SSSR count). The number of aryl methyl sites for hydroxylation is 1. The molecule has 0 spiro atoms. The smallest absolute Gasteiger partial charge is 0.408 e. The van der Waals surface area contributed by atoms with Crippen molar-refractivity contribution in [2.45, 2.75) is 64.3 Å². The summed E-state index contributed by atoms with van der Waals surface area (Å²) in [7, 11) is 6.11. The van der Waals surface area contributed by atoms with Gasteiger partial charge < -0.3 is 38.7 Å². The monoisotopic (exact) mass is 725 g/mol. The molecule has 2 heterocycles. The lowest BCUT2D eigenvalue weighted by molar-refractivity contribution is -0.147. The number of alkyl carbamates (subject to hydrolysis) is 1. The lowest BCUT2D eigenvalue weighted by Crippen LogP contribution is -2.45. The molecule has 2 aromatic heterocycles. The van der Waals surface area contributed by atoms with Crippen molar-refractivity contribution < 1.29 is 38.0 Å². The Bertz CT molecular complexity index is 2200. The topological polar surface area (TPSA) is 165 Å². The van der Waals surface area contributed by atoms with Gasteiger partial charge in [-0.25, -0.2) is 14.3 Å². The zero-order valence-electron chi connectivity index (χ0n) is 30.8. The standard InChI is InChI=1S/C39H43N5O9/c1-39(2,3)53-38(47)41-29(16-23-19-40-28-11-9-8-10-25(23)28)37(46)52-21-24-20-44(43-42-24)30-14-12-22-17-33(49-5)35(50-6)36(51-7)34(22)26-13-15-32(48-4)31(45)18-27(26)30/h8-11,13,15,17-20,29-30,40H,12,14,16,21H2,1-7H3,(H,41,47)/t29-,30-/m0/s1. The van der Waals surface area contributed by atoms with Crippen LogP contribution in [0.1, 0.15) is 55.6 Å². The normalized spacial score (nSPS) is 14.3. The maximum atomic E-state index is 13.6. The zero-order chi connectivity index (χ0) is 37.9. The van der Waals surface area contributed by atoms with E-state index < -0.39 is 29.7 Å². The first kappa shape index (κ1) is 36.7. The maximum absolute atomic E-state index is 13.6. The van der Waals surface area contributed by atoms with Crippen LogP contribution >= 0.6 is 0 Å². The first-order valence-corrected chi connectivity index (χ1v) is 17.1. The number of hydrogen-bond acceptors (Lipinski definition) is 11. The molecular formula is C39H43N5O9. The van der Waals surface area contributed by atoms with E-state index in [0.717, 1.165) is 33.2 Å². The molecule has 278 valence electrons. The van der Waals surface area contributed by atoms with Crippen molar-refractivity contribution in [3.63, 3.8) is 0 Å². The largest absolute Gasteiger partial charge is 0.493 e. The minimum atomic E-state index is -1.05. The molecule has 0 unspecified atom stereocenters. The van der Waals surface area contributed by atoms with Crippen LogP contribution in [-0.2, 0) is 33.7 Å². The van der Waals surface area contributed by atoms with Gasteiger partial charge in [0.2, 0.25) is 11.2 Å². The van der Waals surface area contributed by atoms with Crippen LogP contribution in [0.15, 0.2) is 65.7 Å². The Morgan fingerprint density at radius 1 is 0.981 bits per heavy atom. The average molecular weight is 726 g/mol. The summed E-state index contributed by atoms with van der Waals surface area (Å²) in [4.78, 5) is 42.9. The number of fused-ring (bicyclic) bond motifs is 4. The molecular weight excluding hydrogens is 682 g/mol. The Balaban J connectivity index is 1.29. The van der Waals surface area contributed by atoms with Crippen LogP contribution < -0.4 is 29.7 Å². The average Bonchev–Trinajstić information content (AvgIpc) is 3.69. The van der Waals surface area contributed by atoms with Gasteiger partial charge >= 0.3 is 12.1 Å². The molecule has 1 amide bonds. The summed E-state index contributed by atoms with van der Waals surface area (Å²) in [5.41, 5.74) is 4.08. The number of H-pyrrole nitrogens is 1. The van der Waals surface area contributed by atoms with E-state index in [1.807, 2.05) is 36.4 Å². The van der Waals surface area contributed by atoms with Crippen LogP contribution in [0.4, 0.5) is 4.79 Å². The summed E-state index contributed by atoms with van der Waals surface area (Å²) in [6.07, 6.45) is 4.00. The summed E-state index contributed by atoms with van der Waals surface area (Å²) in [6, 6.07) is 13.1. The molecule has 0 saturated heterocycles. The molecule has 0 radical (unpaired) electrons.